The van der Waals surface area contributed by atoms with E-state index in [0.717, 1.165) is 5.56 Å². The normalized spacial score (nSPS) is 11.7. The first-order valence-electron chi connectivity index (χ1n) is 6.87. The molecule has 4 nitrogen and oxygen atoms in total. The van der Waals surface area contributed by atoms with Crippen molar-refractivity contribution in [1.82, 2.24) is 0 Å². The quantitative estimate of drug-likeness (QED) is 0.823. The van der Waals surface area contributed by atoms with Crippen LogP contribution in [0.5, 0.6) is 0 Å². The van der Waals surface area contributed by atoms with Gasteiger partial charge in [-0.05, 0) is 36.8 Å². The van der Waals surface area contributed by atoms with E-state index < -0.39 is 5.91 Å². The molecule has 2 aromatic carbocycles. The molecule has 120 valence electrons. The largest absolute Gasteiger partial charge is 0.469 e. The van der Waals surface area contributed by atoms with Crippen molar-refractivity contribution in [3.05, 3.63) is 63.6 Å². The Morgan fingerprint density at radius 2 is 1.61 bits per heavy atom. The third-order valence-corrected chi connectivity index (χ3v) is 4.04. The Balaban J connectivity index is 2.15. The van der Waals surface area contributed by atoms with Gasteiger partial charge in [0.1, 0.15) is 0 Å². The second-order valence-electron chi connectivity index (χ2n) is 4.92. The average Bonchev–Trinajstić information content (AvgIpc) is 2.54. The number of esters is 1. The monoisotopic (exact) mass is 351 g/mol. The molecular formula is C17H15Cl2NO3. The van der Waals surface area contributed by atoms with Gasteiger partial charge < -0.3 is 10.1 Å². The minimum absolute atomic E-state index is 0.225. The predicted molar refractivity (Wildman–Crippen MR) is 91.3 cm³/mol. The zero-order chi connectivity index (χ0) is 17.0. The first-order chi connectivity index (χ1) is 10.9. The zero-order valence-corrected chi connectivity index (χ0v) is 14.1. The summed E-state index contributed by atoms with van der Waals surface area (Å²) in [6.45, 7) is 1.75. The highest BCUT2D eigenvalue weighted by Crippen LogP contribution is 2.26. The molecule has 0 radical (unpaired) electrons. The Hall–Kier alpha value is -2.04. The van der Waals surface area contributed by atoms with Crippen LogP contribution in [0.3, 0.4) is 0 Å². The van der Waals surface area contributed by atoms with Crippen molar-refractivity contribution in [1.29, 1.82) is 0 Å². The highest BCUT2D eigenvalue weighted by molar-refractivity contribution is 6.40. The number of ether oxygens (including phenoxy) is 1. The molecule has 0 heterocycles. The lowest BCUT2D eigenvalue weighted by molar-refractivity contribution is -0.141. The van der Waals surface area contributed by atoms with Crippen molar-refractivity contribution in [3.8, 4) is 0 Å². The molecule has 1 amide bonds. The number of carbonyl (C=O) groups is 2. The van der Waals surface area contributed by atoms with Crippen LogP contribution in [-0.2, 0) is 9.53 Å². The number of nitrogens with one attached hydrogen (secondary N) is 1. The van der Waals surface area contributed by atoms with E-state index in [1.165, 1.54) is 7.11 Å². The fraction of sp³-hybridized carbons (Fsp3) is 0.176. The maximum Gasteiger partial charge on any atom is 0.312 e. The second-order valence-corrected chi connectivity index (χ2v) is 5.73. The highest BCUT2D eigenvalue weighted by Gasteiger charge is 2.17. The molecule has 6 heteroatoms. The molecule has 0 aliphatic rings. The molecule has 0 saturated heterocycles. The van der Waals surface area contributed by atoms with Gasteiger partial charge >= 0.3 is 5.97 Å². The summed E-state index contributed by atoms with van der Waals surface area (Å²) in [7, 11) is 1.35. The number of carbonyl (C=O) groups excluding carboxylic acids is 2. The SMILES string of the molecule is COC(=O)C(C)c1ccc(NC(=O)c2c(Cl)cccc2Cl)cc1. The maximum absolute atomic E-state index is 12.3. The Labute approximate surface area is 144 Å². The lowest BCUT2D eigenvalue weighted by Gasteiger charge is -2.11. The van der Waals surface area contributed by atoms with E-state index in [-0.39, 0.29) is 27.5 Å². The molecule has 0 aliphatic heterocycles. The van der Waals surface area contributed by atoms with Gasteiger partial charge in [0.15, 0.2) is 0 Å². The number of anilines is 1. The molecule has 1 N–H and O–H groups in total. The molecule has 1 unspecified atom stereocenters. The molecule has 23 heavy (non-hydrogen) atoms. The summed E-state index contributed by atoms with van der Waals surface area (Å²) in [5.74, 6) is -1.08. The van der Waals surface area contributed by atoms with Gasteiger partial charge in [-0.1, -0.05) is 41.4 Å². The van der Waals surface area contributed by atoms with E-state index in [1.54, 1.807) is 49.4 Å². The van der Waals surface area contributed by atoms with Crippen molar-refractivity contribution in [2.75, 3.05) is 12.4 Å². The summed E-state index contributed by atoms with van der Waals surface area (Å²) in [5, 5.41) is 3.29. The molecule has 0 fully saturated rings. The van der Waals surface area contributed by atoms with Gasteiger partial charge in [0.05, 0.1) is 28.6 Å². The predicted octanol–water partition coefficient (Wildman–Crippen LogP) is 4.52. The Bertz CT molecular complexity index is 709. The van der Waals surface area contributed by atoms with Crippen molar-refractivity contribution < 1.29 is 14.3 Å². The molecule has 0 saturated carbocycles. The standard InChI is InChI=1S/C17H15Cl2NO3/c1-10(17(22)23-2)11-6-8-12(9-7-11)20-16(21)15-13(18)4-3-5-14(15)19/h3-10H,1-2H3,(H,20,21). The number of hydrogen-bond donors (Lipinski definition) is 1. The Morgan fingerprint density at radius 3 is 2.13 bits per heavy atom. The molecule has 1 atom stereocenters. The van der Waals surface area contributed by atoms with Gasteiger partial charge in [-0.25, -0.2) is 0 Å². The van der Waals surface area contributed by atoms with Crippen LogP contribution in [0.25, 0.3) is 0 Å². The number of amides is 1. The third-order valence-electron chi connectivity index (χ3n) is 3.41. The van der Waals surface area contributed by atoms with Crippen LogP contribution in [0.1, 0.15) is 28.8 Å². The molecular weight excluding hydrogens is 337 g/mol. The van der Waals surface area contributed by atoms with Crippen molar-refractivity contribution in [3.63, 3.8) is 0 Å². The van der Waals surface area contributed by atoms with Gasteiger partial charge in [-0.2, -0.15) is 0 Å². The number of rotatable bonds is 4. The second kappa shape index (κ2) is 7.49. The van der Waals surface area contributed by atoms with Crippen molar-refractivity contribution in [2.45, 2.75) is 12.8 Å². The average molecular weight is 352 g/mol. The van der Waals surface area contributed by atoms with E-state index in [4.69, 9.17) is 27.9 Å². The summed E-state index contributed by atoms with van der Waals surface area (Å²) in [5.41, 5.74) is 1.60. The Morgan fingerprint density at radius 1 is 1.04 bits per heavy atom. The number of hydrogen-bond acceptors (Lipinski definition) is 3. The summed E-state index contributed by atoms with van der Waals surface area (Å²) >= 11 is 12.0. The van der Waals surface area contributed by atoms with Gasteiger partial charge in [-0.15, -0.1) is 0 Å². The smallest absolute Gasteiger partial charge is 0.312 e. The van der Waals surface area contributed by atoms with E-state index in [1.807, 2.05) is 0 Å². The highest BCUT2D eigenvalue weighted by atomic mass is 35.5. The van der Waals surface area contributed by atoms with E-state index >= 15 is 0 Å². The first-order valence-corrected chi connectivity index (χ1v) is 7.62. The van der Waals surface area contributed by atoms with E-state index in [0.29, 0.717) is 5.69 Å². The minimum Gasteiger partial charge on any atom is -0.469 e. The minimum atomic E-state index is -0.394. The Kier molecular flexibility index (Phi) is 5.64. The summed E-state index contributed by atoms with van der Waals surface area (Å²) in [6.07, 6.45) is 0. The van der Waals surface area contributed by atoms with E-state index in [9.17, 15) is 9.59 Å². The molecule has 0 spiro atoms. The summed E-state index contributed by atoms with van der Waals surface area (Å²) in [4.78, 5) is 23.8. The van der Waals surface area contributed by atoms with Gasteiger partial charge in [-0.3, -0.25) is 9.59 Å². The molecule has 0 aromatic heterocycles. The number of halogens is 2. The van der Waals surface area contributed by atoms with Crippen LogP contribution in [0, 0.1) is 0 Å². The first kappa shape index (κ1) is 17.3. The van der Waals surface area contributed by atoms with Gasteiger partial charge in [0, 0.05) is 5.69 Å². The summed E-state index contributed by atoms with van der Waals surface area (Å²) < 4.78 is 4.71. The third kappa shape index (κ3) is 4.03. The zero-order valence-electron chi connectivity index (χ0n) is 12.6. The summed E-state index contributed by atoms with van der Waals surface area (Å²) in [6, 6.07) is 11.8. The van der Waals surface area contributed by atoms with Crippen molar-refractivity contribution >= 4 is 40.8 Å². The van der Waals surface area contributed by atoms with Crippen molar-refractivity contribution in [2.24, 2.45) is 0 Å². The van der Waals surface area contributed by atoms with Crippen LogP contribution in [-0.4, -0.2) is 19.0 Å². The molecule has 0 bridgehead atoms. The van der Waals surface area contributed by atoms with Crippen LogP contribution < -0.4 is 5.32 Å². The fourth-order valence-electron chi connectivity index (χ4n) is 2.08. The maximum atomic E-state index is 12.3. The molecule has 0 aliphatic carbocycles. The van der Waals surface area contributed by atoms with Crippen LogP contribution in [0.4, 0.5) is 5.69 Å². The lowest BCUT2D eigenvalue weighted by Crippen LogP contribution is -2.14. The van der Waals surface area contributed by atoms with Crippen LogP contribution in [0.15, 0.2) is 42.5 Å². The fourth-order valence-corrected chi connectivity index (χ4v) is 2.65. The van der Waals surface area contributed by atoms with Crippen LogP contribution >= 0.6 is 23.2 Å². The lowest BCUT2D eigenvalue weighted by atomic mass is 10.0. The van der Waals surface area contributed by atoms with Gasteiger partial charge in [0.25, 0.3) is 5.91 Å². The van der Waals surface area contributed by atoms with E-state index in [2.05, 4.69) is 5.32 Å². The topological polar surface area (TPSA) is 55.4 Å². The van der Waals surface area contributed by atoms with Crippen LogP contribution in [0.2, 0.25) is 10.0 Å². The molecule has 2 rings (SSSR count). The number of methoxy groups -OCH3 is 1. The molecule has 2 aromatic rings. The van der Waals surface area contributed by atoms with Gasteiger partial charge in [0.2, 0.25) is 0 Å². The number of benzene rings is 2.